The maximum absolute atomic E-state index is 12.7. The number of hydrogen-bond acceptors (Lipinski definition) is 5. The molecule has 0 spiro atoms. The molecule has 0 bridgehead atoms. The highest BCUT2D eigenvalue weighted by atomic mass is 32.2. The third-order valence-corrected chi connectivity index (χ3v) is 6.06. The van der Waals surface area contributed by atoms with Gasteiger partial charge in [0.1, 0.15) is 0 Å². The largest absolute Gasteiger partial charge is 0.315 e. The third-order valence-electron chi connectivity index (χ3n) is 4.02. The molecule has 0 amide bonds. The van der Waals surface area contributed by atoms with Crippen molar-refractivity contribution in [3.63, 3.8) is 0 Å². The van der Waals surface area contributed by atoms with E-state index in [9.17, 15) is 18.5 Å². The molecular formula is C13H19N3O4S. The van der Waals surface area contributed by atoms with Crippen molar-refractivity contribution in [2.24, 2.45) is 0 Å². The van der Waals surface area contributed by atoms with E-state index in [-0.39, 0.29) is 16.6 Å². The van der Waals surface area contributed by atoms with E-state index in [1.54, 1.807) is 13.8 Å². The molecule has 1 atom stereocenters. The van der Waals surface area contributed by atoms with Gasteiger partial charge in [0.05, 0.1) is 9.82 Å². The lowest BCUT2D eigenvalue weighted by molar-refractivity contribution is -0.385. The number of nitrogens with zero attached hydrogens (tertiary/aromatic N) is 2. The minimum atomic E-state index is -3.74. The second-order valence-corrected chi connectivity index (χ2v) is 7.28. The quantitative estimate of drug-likeness (QED) is 0.666. The zero-order valence-electron chi connectivity index (χ0n) is 12.3. The number of likely N-dealkylation sites (N-methyl/N-ethyl adjacent to an activating group) is 1. The van der Waals surface area contributed by atoms with Gasteiger partial charge in [-0.15, -0.1) is 0 Å². The maximum Gasteiger partial charge on any atom is 0.271 e. The number of aryl methyl sites for hydroxylation is 1. The smallest absolute Gasteiger partial charge is 0.271 e. The average molecular weight is 313 g/mol. The molecule has 1 aliphatic heterocycles. The van der Waals surface area contributed by atoms with Crippen LogP contribution in [0.3, 0.4) is 0 Å². The summed E-state index contributed by atoms with van der Waals surface area (Å²) in [6, 6.07) is 2.43. The van der Waals surface area contributed by atoms with Gasteiger partial charge in [0.2, 0.25) is 10.0 Å². The van der Waals surface area contributed by atoms with Crippen molar-refractivity contribution in [1.82, 2.24) is 9.62 Å². The van der Waals surface area contributed by atoms with Crippen LogP contribution in [0.15, 0.2) is 17.0 Å². The number of nitrogens with one attached hydrogen (secondary N) is 1. The summed E-state index contributed by atoms with van der Waals surface area (Å²) >= 11 is 0. The van der Waals surface area contributed by atoms with Crippen molar-refractivity contribution < 1.29 is 13.3 Å². The Labute approximate surface area is 124 Å². The second kappa shape index (κ2) is 5.70. The molecule has 1 saturated heterocycles. The van der Waals surface area contributed by atoms with Gasteiger partial charge in [-0.2, -0.15) is 4.31 Å². The highest BCUT2D eigenvalue weighted by Gasteiger charge is 2.32. The predicted octanol–water partition coefficient (Wildman–Crippen LogP) is 1.19. The lowest BCUT2D eigenvalue weighted by Crippen LogP contribution is -2.38. The van der Waals surface area contributed by atoms with E-state index in [1.165, 1.54) is 17.4 Å². The third kappa shape index (κ3) is 2.92. The molecule has 1 N–H and O–H groups in total. The summed E-state index contributed by atoms with van der Waals surface area (Å²) in [7, 11) is -2.21. The van der Waals surface area contributed by atoms with Crippen molar-refractivity contribution in [1.29, 1.82) is 0 Å². The molecule has 0 aliphatic carbocycles. The first kappa shape index (κ1) is 15.9. The van der Waals surface area contributed by atoms with Crippen molar-refractivity contribution in [3.8, 4) is 0 Å². The Morgan fingerprint density at radius 2 is 2.05 bits per heavy atom. The Morgan fingerprint density at radius 3 is 2.57 bits per heavy atom. The molecule has 116 valence electrons. The summed E-state index contributed by atoms with van der Waals surface area (Å²) in [4.78, 5) is 10.4. The first-order valence-electron chi connectivity index (χ1n) is 6.69. The monoisotopic (exact) mass is 313 g/mol. The SMILES string of the molecule is Cc1cc([N+](=O)[O-])cc(S(=O)(=O)N(C)C2CCNC2)c1C. The molecular weight excluding hydrogens is 294 g/mol. The highest BCUT2D eigenvalue weighted by molar-refractivity contribution is 7.89. The standard InChI is InChI=1S/C13H19N3O4S/c1-9-6-12(16(17)18)7-13(10(9)2)21(19,20)15(3)11-4-5-14-8-11/h6-7,11,14H,4-5,8H2,1-3H3. The van der Waals surface area contributed by atoms with Crippen LogP contribution in [0.5, 0.6) is 0 Å². The zero-order valence-corrected chi connectivity index (χ0v) is 13.1. The number of non-ortho nitro benzene ring substituents is 1. The van der Waals surface area contributed by atoms with E-state index in [4.69, 9.17) is 0 Å². The van der Waals surface area contributed by atoms with Crippen LogP contribution in [0.2, 0.25) is 0 Å². The summed E-state index contributed by atoms with van der Waals surface area (Å²) in [5, 5.41) is 14.1. The average Bonchev–Trinajstić information content (AvgIpc) is 2.94. The highest BCUT2D eigenvalue weighted by Crippen LogP contribution is 2.28. The summed E-state index contributed by atoms with van der Waals surface area (Å²) in [6.45, 7) is 4.73. The van der Waals surface area contributed by atoms with Crippen LogP contribution >= 0.6 is 0 Å². The van der Waals surface area contributed by atoms with Gasteiger partial charge in [0.15, 0.2) is 0 Å². The van der Waals surface area contributed by atoms with Gasteiger partial charge in [-0.3, -0.25) is 10.1 Å². The molecule has 7 nitrogen and oxygen atoms in total. The predicted molar refractivity (Wildman–Crippen MR) is 78.8 cm³/mol. The van der Waals surface area contributed by atoms with E-state index >= 15 is 0 Å². The minimum absolute atomic E-state index is 0.0172. The molecule has 1 fully saturated rings. The van der Waals surface area contributed by atoms with Gasteiger partial charge < -0.3 is 5.32 Å². The summed E-state index contributed by atoms with van der Waals surface area (Å²) in [5.74, 6) is 0. The topological polar surface area (TPSA) is 92.5 Å². The number of rotatable bonds is 4. The fraction of sp³-hybridized carbons (Fsp3) is 0.538. The van der Waals surface area contributed by atoms with E-state index in [2.05, 4.69) is 5.32 Å². The van der Waals surface area contributed by atoms with E-state index in [1.807, 2.05) is 0 Å². The fourth-order valence-electron chi connectivity index (χ4n) is 2.48. The molecule has 1 aromatic carbocycles. The van der Waals surface area contributed by atoms with Crippen LogP contribution in [0.4, 0.5) is 5.69 Å². The van der Waals surface area contributed by atoms with Gasteiger partial charge in [-0.05, 0) is 37.9 Å². The van der Waals surface area contributed by atoms with Gasteiger partial charge in [0, 0.05) is 31.8 Å². The van der Waals surface area contributed by atoms with Crippen LogP contribution in [0.1, 0.15) is 17.5 Å². The Kier molecular flexibility index (Phi) is 4.31. The first-order chi connectivity index (χ1) is 9.75. The van der Waals surface area contributed by atoms with Crippen molar-refractivity contribution >= 4 is 15.7 Å². The number of benzene rings is 1. The second-order valence-electron chi connectivity index (χ2n) is 5.31. The Balaban J connectivity index is 2.50. The lowest BCUT2D eigenvalue weighted by Gasteiger charge is -2.24. The molecule has 1 aliphatic rings. The van der Waals surface area contributed by atoms with Crippen molar-refractivity contribution in [3.05, 3.63) is 33.4 Å². The van der Waals surface area contributed by atoms with Crippen molar-refractivity contribution in [2.75, 3.05) is 20.1 Å². The van der Waals surface area contributed by atoms with Gasteiger partial charge >= 0.3 is 0 Å². The van der Waals surface area contributed by atoms with E-state index in [0.29, 0.717) is 17.7 Å². The van der Waals surface area contributed by atoms with Gasteiger partial charge in [0.25, 0.3) is 5.69 Å². The van der Waals surface area contributed by atoms with Crippen LogP contribution < -0.4 is 5.32 Å². The van der Waals surface area contributed by atoms with Crippen LogP contribution in [0.25, 0.3) is 0 Å². The van der Waals surface area contributed by atoms with Crippen LogP contribution in [-0.2, 0) is 10.0 Å². The zero-order chi connectivity index (χ0) is 15.8. The van der Waals surface area contributed by atoms with Gasteiger partial charge in [-0.25, -0.2) is 8.42 Å². The van der Waals surface area contributed by atoms with Crippen LogP contribution in [-0.4, -0.2) is 43.8 Å². The number of nitro benzene ring substituents is 1. The Morgan fingerprint density at radius 1 is 1.38 bits per heavy atom. The Hall–Kier alpha value is -1.51. The lowest BCUT2D eigenvalue weighted by atomic mass is 10.1. The van der Waals surface area contributed by atoms with Crippen LogP contribution in [0, 0.1) is 24.0 Å². The number of hydrogen-bond donors (Lipinski definition) is 1. The summed E-state index contributed by atoms with van der Waals surface area (Å²) < 4.78 is 26.8. The fourth-order valence-corrected chi connectivity index (χ4v) is 4.18. The normalized spacial score (nSPS) is 19.1. The van der Waals surface area contributed by atoms with Crippen molar-refractivity contribution in [2.45, 2.75) is 31.2 Å². The Bertz CT molecular complexity index is 666. The molecule has 21 heavy (non-hydrogen) atoms. The maximum atomic E-state index is 12.7. The van der Waals surface area contributed by atoms with E-state index in [0.717, 1.165) is 19.0 Å². The molecule has 1 heterocycles. The summed E-state index contributed by atoms with van der Waals surface area (Å²) in [6.07, 6.45) is 0.739. The molecule has 2 rings (SSSR count). The molecule has 1 aromatic rings. The minimum Gasteiger partial charge on any atom is -0.315 e. The molecule has 0 saturated carbocycles. The van der Waals surface area contributed by atoms with E-state index < -0.39 is 14.9 Å². The molecule has 8 heteroatoms. The number of sulfonamides is 1. The molecule has 0 aromatic heterocycles. The number of nitro groups is 1. The molecule has 0 radical (unpaired) electrons. The molecule has 1 unspecified atom stereocenters. The van der Waals surface area contributed by atoms with Gasteiger partial charge in [-0.1, -0.05) is 0 Å². The summed E-state index contributed by atoms with van der Waals surface area (Å²) in [5.41, 5.74) is 0.953. The first-order valence-corrected chi connectivity index (χ1v) is 8.13.